The summed E-state index contributed by atoms with van der Waals surface area (Å²) in [6, 6.07) is 11.8. The Bertz CT molecular complexity index is 1620. The van der Waals surface area contributed by atoms with Crippen LogP contribution in [0.1, 0.15) is 46.5 Å². The molecule has 11 heteroatoms. The summed E-state index contributed by atoms with van der Waals surface area (Å²) in [7, 11) is 1.94. The molecule has 4 aromatic heterocycles. The van der Waals surface area contributed by atoms with Crippen LogP contribution in [-0.2, 0) is 26.6 Å². The van der Waals surface area contributed by atoms with Crippen LogP contribution in [0.2, 0.25) is 0 Å². The van der Waals surface area contributed by atoms with E-state index in [9.17, 15) is 4.79 Å². The summed E-state index contributed by atoms with van der Waals surface area (Å²) in [5.41, 5.74) is 7.92. The van der Waals surface area contributed by atoms with Crippen LogP contribution >= 0.6 is 0 Å². The van der Waals surface area contributed by atoms with E-state index in [1.807, 2.05) is 76.1 Å². The molecular formula is C27H30N10O. The number of hydrogen-bond acceptors (Lipinski definition) is 6. The van der Waals surface area contributed by atoms with Crippen molar-refractivity contribution in [2.24, 2.45) is 7.05 Å². The Kier molecular flexibility index (Phi) is 5.90. The molecule has 0 fully saturated rings. The number of fused-ring (bicyclic) bond motifs is 1. The highest BCUT2D eigenvalue weighted by Gasteiger charge is 2.30. The molecule has 1 aliphatic rings. The second-order valence-corrected chi connectivity index (χ2v) is 9.67. The fourth-order valence-electron chi connectivity index (χ4n) is 5.35. The molecule has 1 N–H and O–H groups in total. The van der Waals surface area contributed by atoms with Crippen LogP contribution in [0.5, 0.6) is 0 Å². The van der Waals surface area contributed by atoms with E-state index < -0.39 is 0 Å². The van der Waals surface area contributed by atoms with Crippen LogP contribution in [0.25, 0.3) is 28.5 Å². The van der Waals surface area contributed by atoms with E-state index in [2.05, 4.69) is 32.4 Å². The SMILES string of the molecule is CCCn1nc(C)c(-c2cc(C(=O)N3CCc4c(c(-c5nncn5-c5ccccc5)nn4C)C3)[nH]n2)c1C. The molecule has 0 saturated carbocycles. The fraction of sp³-hybridized carbons (Fsp3) is 0.333. The van der Waals surface area contributed by atoms with Crippen LogP contribution < -0.4 is 0 Å². The van der Waals surface area contributed by atoms with Crippen LogP contribution in [0, 0.1) is 13.8 Å². The first-order valence-electron chi connectivity index (χ1n) is 12.9. The molecule has 194 valence electrons. The maximum Gasteiger partial charge on any atom is 0.272 e. The highest BCUT2D eigenvalue weighted by atomic mass is 16.2. The third-order valence-corrected chi connectivity index (χ3v) is 7.20. The van der Waals surface area contributed by atoms with E-state index in [1.54, 1.807) is 6.33 Å². The molecule has 11 nitrogen and oxygen atoms in total. The molecule has 0 atom stereocenters. The molecule has 5 aromatic rings. The molecule has 0 saturated heterocycles. The number of rotatable bonds is 6. The van der Waals surface area contributed by atoms with E-state index in [4.69, 9.17) is 5.10 Å². The Hall–Kier alpha value is -4.54. The second kappa shape index (κ2) is 9.40. The van der Waals surface area contributed by atoms with Gasteiger partial charge in [-0.1, -0.05) is 25.1 Å². The van der Waals surface area contributed by atoms with Gasteiger partial charge in [0.05, 0.1) is 17.9 Å². The standard InChI is InChI=1S/C27H30N10O/c1-5-12-37-18(3)24(17(2)32-37)21-14-22(30-29-21)27(38)35-13-11-23-20(15-35)25(33-34(23)4)26-31-28-16-36(26)19-9-7-6-8-10-19/h6-10,14,16H,5,11-13,15H2,1-4H3,(H,29,30). The Morgan fingerprint density at radius 1 is 1.13 bits per heavy atom. The first-order valence-corrected chi connectivity index (χ1v) is 12.9. The second-order valence-electron chi connectivity index (χ2n) is 9.67. The van der Waals surface area contributed by atoms with Crippen molar-refractivity contribution in [2.45, 2.75) is 46.7 Å². The van der Waals surface area contributed by atoms with E-state index in [1.165, 1.54) is 0 Å². The smallest absolute Gasteiger partial charge is 0.272 e. The van der Waals surface area contributed by atoms with Gasteiger partial charge in [-0.3, -0.25) is 23.8 Å². The lowest BCUT2D eigenvalue weighted by molar-refractivity contribution is 0.0727. The number of amides is 1. The molecule has 1 aromatic carbocycles. The Labute approximate surface area is 220 Å². The minimum atomic E-state index is -0.0926. The normalized spacial score (nSPS) is 13.2. The number of H-pyrrole nitrogens is 1. The lowest BCUT2D eigenvalue weighted by Gasteiger charge is -2.27. The topological polar surface area (TPSA) is 115 Å². The van der Waals surface area contributed by atoms with Gasteiger partial charge in [-0.15, -0.1) is 10.2 Å². The van der Waals surface area contributed by atoms with Gasteiger partial charge >= 0.3 is 0 Å². The number of aromatic nitrogens is 9. The van der Waals surface area contributed by atoms with Crippen LogP contribution in [0.15, 0.2) is 42.7 Å². The zero-order valence-electron chi connectivity index (χ0n) is 22.0. The molecule has 6 rings (SSSR count). The Morgan fingerprint density at radius 3 is 2.74 bits per heavy atom. The highest BCUT2D eigenvalue weighted by molar-refractivity contribution is 5.93. The lowest BCUT2D eigenvalue weighted by Crippen LogP contribution is -2.36. The summed E-state index contributed by atoms with van der Waals surface area (Å²) in [4.78, 5) is 15.4. The molecule has 0 aliphatic carbocycles. The van der Waals surface area contributed by atoms with Gasteiger partial charge in [0.15, 0.2) is 5.82 Å². The van der Waals surface area contributed by atoms with Crippen molar-refractivity contribution < 1.29 is 4.79 Å². The van der Waals surface area contributed by atoms with E-state index in [0.717, 1.165) is 58.2 Å². The van der Waals surface area contributed by atoms with Gasteiger partial charge in [0.2, 0.25) is 0 Å². The number of aryl methyl sites for hydroxylation is 3. The third kappa shape index (κ3) is 3.90. The quantitative estimate of drug-likeness (QED) is 0.374. The zero-order valence-corrected chi connectivity index (χ0v) is 22.0. The maximum absolute atomic E-state index is 13.6. The summed E-state index contributed by atoms with van der Waals surface area (Å²) in [6.45, 7) is 8.03. The van der Waals surface area contributed by atoms with Crippen molar-refractivity contribution in [3.63, 3.8) is 0 Å². The number of carbonyl (C=O) groups is 1. The number of benzene rings is 1. The van der Waals surface area contributed by atoms with Gasteiger partial charge in [-0.2, -0.15) is 15.3 Å². The van der Waals surface area contributed by atoms with Crippen LogP contribution in [0.3, 0.4) is 0 Å². The molecule has 1 amide bonds. The van der Waals surface area contributed by atoms with E-state index in [0.29, 0.717) is 31.0 Å². The molecule has 38 heavy (non-hydrogen) atoms. The third-order valence-electron chi connectivity index (χ3n) is 7.20. The van der Waals surface area contributed by atoms with Crippen molar-refractivity contribution >= 4 is 5.91 Å². The average Bonchev–Trinajstić information content (AvgIpc) is 3.71. The molecular weight excluding hydrogens is 480 g/mol. The first kappa shape index (κ1) is 23.8. The van der Waals surface area contributed by atoms with Crippen molar-refractivity contribution in [2.75, 3.05) is 6.54 Å². The van der Waals surface area contributed by atoms with Gasteiger partial charge in [-0.25, -0.2) is 0 Å². The van der Waals surface area contributed by atoms with Crippen molar-refractivity contribution in [1.29, 1.82) is 0 Å². The van der Waals surface area contributed by atoms with Gasteiger partial charge in [-0.05, 0) is 38.5 Å². The van der Waals surface area contributed by atoms with Crippen LogP contribution in [0.4, 0.5) is 0 Å². The highest BCUT2D eigenvalue weighted by Crippen LogP contribution is 2.31. The van der Waals surface area contributed by atoms with Crippen molar-refractivity contribution in [1.82, 2.24) is 49.4 Å². The minimum absolute atomic E-state index is 0.0926. The van der Waals surface area contributed by atoms with E-state index in [-0.39, 0.29) is 5.91 Å². The molecule has 0 bridgehead atoms. The Morgan fingerprint density at radius 2 is 1.95 bits per heavy atom. The van der Waals surface area contributed by atoms with E-state index >= 15 is 0 Å². The molecule has 5 heterocycles. The number of para-hydroxylation sites is 1. The number of nitrogens with zero attached hydrogens (tertiary/aromatic N) is 9. The van der Waals surface area contributed by atoms with Crippen LogP contribution in [-0.4, -0.2) is 61.9 Å². The van der Waals surface area contributed by atoms with Crippen molar-refractivity contribution in [3.8, 4) is 28.5 Å². The average molecular weight is 511 g/mol. The monoisotopic (exact) mass is 510 g/mol. The summed E-state index contributed by atoms with van der Waals surface area (Å²) in [5, 5.41) is 25.5. The molecule has 0 unspecified atom stereocenters. The summed E-state index contributed by atoms with van der Waals surface area (Å²) in [5.74, 6) is 0.561. The van der Waals surface area contributed by atoms with Gasteiger partial charge < -0.3 is 4.90 Å². The zero-order chi connectivity index (χ0) is 26.4. The molecule has 0 radical (unpaired) electrons. The first-order chi connectivity index (χ1) is 18.5. The number of nitrogens with one attached hydrogen (secondary N) is 1. The molecule has 1 aliphatic heterocycles. The Balaban J connectivity index is 1.29. The van der Waals surface area contributed by atoms with Gasteiger partial charge in [0.25, 0.3) is 5.91 Å². The predicted octanol–water partition coefficient (Wildman–Crippen LogP) is 3.48. The minimum Gasteiger partial charge on any atom is -0.332 e. The van der Waals surface area contributed by atoms with Crippen molar-refractivity contribution in [3.05, 3.63) is 71.1 Å². The molecule has 0 spiro atoms. The number of carbonyl (C=O) groups excluding carboxylic acids is 1. The van der Waals surface area contributed by atoms with Gasteiger partial charge in [0, 0.05) is 54.8 Å². The van der Waals surface area contributed by atoms with Gasteiger partial charge in [0.1, 0.15) is 17.7 Å². The maximum atomic E-state index is 13.6. The fourth-order valence-corrected chi connectivity index (χ4v) is 5.35. The summed E-state index contributed by atoms with van der Waals surface area (Å²) < 4.78 is 5.82. The predicted molar refractivity (Wildman–Crippen MR) is 142 cm³/mol. The number of aromatic amines is 1. The lowest BCUT2D eigenvalue weighted by atomic mass is 10.0. The summed E-state index contributed by atoms with van der Waals surface area (Å²) in [6.07, 6.45) is 3.39. The number of hydrogen-bond donors (Lipinski definition) is 1. The largest absolute Gasteiger partial charge is 0.332 e. The summed E-state index contributed by atoms with van der Waals surface area (Å²) >= 11 is 0.